The second-order valence-corrected chi connectivity index (χ2v) is 4.51. The van der Waals surface area contributed by atoms with Crippen molar-refractivity contribution >= 4 is 5.91 Å². The summed E-state index contributed by atoms with van der Waals surface area (Å²) in [6, 6.07) is 11.7. The molecule has 2 rings (SSSR count). The molecule has 0 fully saturated rings. The van der Waals surface area contributed by atoms with Crippen molar-refractivity contribution in [2.75, 3.05) is 0 Å². The van der Waals surface area contributed by atoms with Crippen LogP contribution in [0.15, 0.2) is 42.5 Å². The summed E-state index contributed by atoms with van der Waals surface area (Å²) in [5, 5.41) is 21.7. The van der Waals surface area contributed by atoms with Crippen molar-refractivity contribution in [2.45, 2.75) is 19.9 Å². The zero-order chi connectivity index (χ0) is 14.5. The first-order chi connectivity index (χ1) is 9.61. The lowest BCUT2D eigenvalue weighted by Gasteiger charge is -2.10. The minimum atomic E-state index is -0.413. The Morgan fingerprint density at radius 1 is 1.10 bits per heavy atom. The van der Waals surface area contributed by atoms with Crippen LogP contribution in [0.4, 0.5) is 0 Å². The van der Waals surface area contributed by atoms with Gasteiger partial charge in [0.25, 0.3) is 5.91 Å². The molecule has 0 saturated heterocycles. The van der Waals surface area contributed by atoms with Crippen LogP contribution in [-0.2, 0) is 13.0 Å². The molecule has 1 amide bonds. The molecule has 0 spiro atoms. The van der Waals surface area contributed by atoms with E-state index in [0.29, 0.717) is 6.54 Å². The molecule has 104 valence electrons. The number of phenols is 2. The normalized spacial score (nSPS) is 10.2. The number of amides is 1. The molecule has 20 heavy (non-hydrogen) atoms. The minimum absolute atomic E-state index is 0.0538. The Bertz CT molecular complexity index is 623. The van der Waals surface area contributed by atoms with E-state index in [1.54, 1.807) is 0 Å². The van der Waals surface area contributed by atoms with Crippen molar-refractivity contribution in [3.8, 4) is 11.5 Å². The Kier molecular flexibility index (Phi) is 4.25. The van der Waals surface area contributed by atoms with E-state index in [0.717, 1.165) is 12.0 Å². The van der Waals surface area contributed by atoms with Gasteiger partial charge in [0.2, 0.25) is 0 Å². The Balaban J connectivity index is 2.11. The van der Waals surface area contributed by atoms with Crippen LogP contribution in [0.5, 0.6) is 11.5 Å². The van der Waals surface area contributed by atoms with Crippen LogP contribution < -0.4 is 5.32 Å². The minimum Gasteiger partial charge on any atom is -0.508 e. The van der Waals surface area contributed by atoms with Gasteiger partial charge in [-0.25, -0.2) is 0 Å². The second-order valence-electron chi connectivity index (χ2n) is 4.51. The van der Waals surface area contributed by atoms with Crippen LogP contribution in [0.25, 0.3) is 0 Å². The first-order valence-corrected chi connectivity index (χ1v) is 6.48. The van der Waals surface area contributed by atoms with Gasteiger partial charge in [-0.3, -0.25) is 4.79 Å². The first-order valence-electron chi connectivity index (χ1n) is 6.48. The monoisotopic (exact) mass is 271 g/mol. The highest BCUT2D eigenvalue weighted by atomic mass is 16.3. The third kappa shape index (κ3) is 3.09. The number of phenolic OH excluding ortho intramolecular Hbond substituents is 2. The zero-order valence-electron chi connectivity index (χ0n) is 11.3. The lowest BCUT2D eigenvalue weighted by molar-refractivity contribution is 0.0947. The molecular weight excluding hydrogens is 254 g/mol. The van der Waals surface area contributed by atoms with E-state index in [1.807, 2.05) is 24.3 Å². The SMILES string of the molecule is CCc1ccccc1CNC(=O)c1cc(O)ccc1O. The standard InChI is InChI=1S/C16H17NO3/c1-2-11-5-3-4-6-12(11)10-17-16(20)14-9-13(18)7-8-15(14)19/h3-9,18-19H,2,10H2,1H3,(H,17,20). The molecule has 0 aliphatic heterocycles. The summed E-state index contributed by atoms with van der Waals surface area (Å²) in [7, 11) is 0. The number of carbonyl (C=O) groups is 1. The van der Waals surface area contributed by atoms with Crippen LogP contribution in [0.1, 0.15) is 28.4 Å². The average molecular weight is 271 g/mol. The number of carbonyl (C=O) groups excluding carboxylic acids is 1. The maximum Gasteiger partial charge on any atom is 0.255 e. The van der Waals surface area contributed by atoms with Gasteiger partial charge in [-0.2, -0.15) is 0 Å². The first kappa shape index (κ1) is 13.9. The molecule has 2 aromatic carbocycles. The van der Waals surface area contributed by atoms with Crippen LogP contribution in [-0.4, -0.2) is 16.1 Å². The maximum atomic E-state index is 12.0. The van der Waals surface area contributed by atoms with E-state index in [1.165, 1.54) is 23.8 Å². The number of nitrogens with one attached hydrogen (secondary N) is 1. The molecule has 3 N–H and O–H groups in total. The molecule has 0 saturated carbocycles. The number of aromatic hydroxyl groups is 2. The van der Waals surface area contributed by atoms with Gasteiger partial charge in [0.15, 0.2) is 0 Å². The van der Waals surface area contributed by atoms with Crippen molar-refractivity contribution < 1.29 is 15.0 Å². The van der Waals surface area contributed by atoms with Crippen LogP contribution in [0.3, 0.4) is 0 Å². The fraction of sp³-hybridized carbons (Fsp3) is 0.188. The highest BCUT2D eigenvalue weighted by Crippen LogP contribution is 2.22. The van der Waals surface area contributed by atoms with E-state index in [9.17, 15) is 15.0 Å². The molecule has 0 aliphatic rings. The average Bonchev–Trinajstić information content (AvgIpc) is 2.47. The molecule has 4 heteroatoms. The second kappa shape index (κ2) is 6.10. The van der Waals surface area contributed by atoms with Crippen LogP contribution in [0.2, 0.25) is 0 Å². The third-order valence-corrected chi connectivity index (χ3v) is 3.16. The summed E-state index contributed by atoms with van der Waals surface area (Å²) >= 11 is 0. The summed E-state index contributed by atoms with van der Waals surface area (Å²) in [6.45, 7) is 2.44. The highest BCUT2D eigenvalue weighted by Gasteiger charge is 2.12. The summed E-state index contributed by atoms with van der Waals surface area (Å²) in [5.41, 5.74) is 2.29. The fourth-order valence-electron chi connectivity index (χ4n) is 2.05. The predicted octanol–water partition coefficient (Wildman–Crippen LogP) is 2.59. The Morgan fingerprint density at radius 2 is 1.80 bits per heavy atom. The summed E-state index contributed by atoms with van der Waals surface area (Å²) in [4.78, 5) is 12.0. The topological polar surface area (TPSA) is 69.6 Å². The molecule has 0 radical (unpaired) electrons. The largest absolute Gasteiger partial charge is 0.508 e. The molecule has 0 atom stereocenters. The van der Waals surface area contributed by atoms with Gasteiger partial charge >= 0.3 is 0 Å². The quantitative estimate of drug-likeness (QED) is 0.749. The maximum absolute atomic E-state index is 12.0. The van der Waals surface area contributed by atoms with Gasteiger partial charge in [0.05, 0.1) is 5.56 Å². The van der Waals surface area contributed by atoms with Gasteiger partial charge in [0.1, 0.15) is 11.5 Å². The Labute approximate surface area is 117 Å². The molecule has 4 nitrogen and oxygen atoms in total. The van der Waals surface area contributed by atoms with Gasteiger partial charge < -0.3 is 15.5 Å². The number of hydrogen-bond acceptors (Lipinski definition) is 3. The van der Waals surface area contributed by atoms with E-state index >= 15 is 0 Å². The molecule has 0 aromatic heterocycles. The predicted molar refractivity (Wildman–Crippen MR) is 76.8 cm³/mol. The van der Waals surface area contributed by atoms with E-state index < -0.39 is 5.91 Å². The lowest BCUT2D eigenvalue weighted by Crippen LogP contribution is -2.23. The van der Waals surface area contributed by atoms with Crippen LogP contribution >= 0.6 is 0 Å². The van der Waals surface area contributed by atoms with Crippen molar-refractivity contribution in [1.82, 2.24) is 5.32 Å². The van der Waals surface area contributed by atoms with E-state index in [4.69, 9.17) is 0 Å². The van der Waals surface area contributed by atoms with Gasteiger partial charge in [-0.05, 0) is 35.7 Å². The van der Waals surface area contributed by atoms with Gasteiger partial charge in [-0.15, -0.1) is 0 Å². The fourth-order valence-corrected chi connectivity index (χ4v) is 2.05. The third-order valence-electron chi connectivity index (χ3n) is 3.16. The summed E-state index contributed by atoms with van der Waals surface area (Å²) in [5.74, 6) is -0.615. The van der Waals surface area contributed by atoms with Gasteiger partial charge in [-0.1, -0.05) is 31.2 Å². The molecular formula is C16H17NO3. The molecule has 0 unspecified atom stereocenters. The van der Waals surface area contributed by atoms with Gasteiger partial charge in [0, 0.05) is 6.54 Å². The smallest absolute Gasteiger partial charge is 0.255 e. The van der Waals surface area contributed by atoms with Crippen molar-refractivity contribution in [1.29, 1.82) is 0 Å². The highest BCUT2D eigenvalue weighted by molar-refractivity contribution is 5.97. The number of rotatable bonds is 4. The van der Waals surface area contributed by atoms with Crippen LogP contribution in [0, 0.1) is 0 Å². The number of hydrogen-bond donors (Lipinski definition) is 3. The summed E-state index contributed by atoms with van der Waals surface area (Å²) < 4.78 is 0. The molecule has 0 aliphatic carbocycles. The lowest BCUT2D eigenvalue weighted by atomic mass is 10.1. The van der Waals surface area contributed by atoms with E-state index in [2.05, 4.69) is 12.2 Å². The Hall–Kier alpha value is -2.49. The molecule has 0 heterocycles. The van der Waals surface area contributed by atoms with E-state index in [-0.39, 0.29) is 17.1 Å². The van der Waals surface area contributed by atoms with Crippen molar-refractivity contribution in [3.05, 3.63) is 59.2 Å². The zero-order valence-corrected chi connectivity index (χ0v) is 11.3. The summed E-state index contributed by atoms with van der Waals surface area (Å²) in [6.07, 6.45) is 0.892. The number of aryl methyl sites for hydroxylation is 1. The van der Waals surface area contributed by atoms with Crippen molar-refractivity contribution in [2.24, 2.45) is 0 Å². The number of benzene rings is 2. The van der Waals surface area contributed by atoms with Crippen molar-refractivity contribution in [3.63, 3.8) is 0 Å². The molecule has 2 aromatic rings. The molecule has 0 bridgehead atoms. The Morgan fingerprint density at radius 3 is 2.50 bits per heavy atom.